The van der Waals surface area contributed by atoms with Crippen molar-refractivity contribution in [3.8, 4) is 22.0 Å². The van der Waals surface area contributed by atoms with Gasteiger partial charge in [0, 0.05) is 16.0 Å². The first-order valence-corrected chi connectivity index (χ1v) is 11.3. The molecule has 0 spiro atoms. The van der Waals surface area contributed by atoms with Gasteiger partial charge in [0.15, 0.2) is 5.82 Å². The number of alkyl halides is 3. The molecule has 3 aromatic heterocycles. The standard InChI is InChI=1S/C22H27F3N4S/c1-2-3-4-5-6-7-8-9-10-17-11-12-19(30-17)16-13-14-26-18(15-16)20-27-21(29-28-20)22(23,24)25/h11-15H,2-10H2,1H3,(H,27,28,29). The molecule has 0 atom stereocenters. The van der Waals surface area contributed by atoms with E-state index in [4.69, 9.17) is 0 Å². The lowest BCUT2D eigenvalue weighted by Crippen LogP contribution is -2.07. The van der Waals surface area contributed by atoms with Gasteiger partial charge in [0.05, 0.1) is 0 Å². The fourth-order valence-corrected chi connectivity index (χ4v) is 4.36. The molecule has 0 unspecified atom stereocenters. The molecule has 3 aromatic rings. The minimum atomic E-state index is -4.55. The Bertz CT molecular complexity index is 917. The van der Waals surface area contributed by atoms with E-state index < -0.39 is 12.0 Å². The molecular weight excluding hydrogens is 409 g/mol. The zero-order valence-corrected chi connectivity index (χ0v) is 18.0. The number of halogens is 3. The maximum Gasteiger partial charge on any atom is 0.451 e. The maximum atomic E-state index is 12.7. The van der Waals surface area contributed by atoms with Gasteiger partial charge in [-0.15, -0.1) is 11.3 Å². The minimum absolute atomic E-state index is 0.0557. The number of hydrogen-bond donors (Lipinski definition) is 1. The Labute approximate surface area is 179 Å². The lowest BCUT2D eigenvalue weighted by Gasteiger charge is -2.01. The van der Waals surface area contributed by atoms with Gasteiger partial charge in [-0.2, -0.15) is 18.3 Å². The molecule has 30 heavy (non-hydrogen) atoms. The molecule has 0 aliphatic rings. The highest BCUT2D eigenvalue weighted by atomic mass is 32.1. The van der Waals surface area contributed by atoms with E-state index >= 15 is 0 Å². The molecule has 162 valence electrons. The Balaban J connectivity index is 1.54. The van der Waals surface area contributed by atoms with E-state index in [-0.39, 0.29) is 5.82 Å². The SMILES string of the molecule is CCCCCCCCCCc1ccc(-c2ccnc(-c3n[nH]c(C(F)(F)F)n3)c2)s1. The molecule has 0 aliphatic carbocycles. The smallest absolute Gasteiger partial charge is 0.255 e. The molecule has 1 N–H and O–H groups in total. The minimum Gasteiger partial charge on any atom is -0.255 e. The number of nitrogens with one attached hydrogen (secondary N) is 1. The average molecular weight is 437 g/mol. The van der Waals surface area contributed by atoms with Crippen LogP contribution in [0.25, 0.3) is 22.0 Å². The maximum absolute atomic E-state index is 12.7. The van der Waals surface area contributed by atoms with Crippen LogP contribution < -0.4 is 0 Å². The number of nitrogens with zero attached hydrogens (tertiary/aromatic N) is 3. The van der Waals surface area contributed by atoms with Crippen molar-refractivity contribution in [3.63, 3.8) is 0 Å². The van der Waals surface area contributed by atoms with Crippen molar-refractivity contribution in [2.75, 3.05) is 0 Å². The third-order valence-electron chi connectivity index (χ3n) is 4.97. The first kappa shape index (κ1) is 22.5. The fourth-order valence-electron chi connectivity index (χ4n) is 3.31. The summed E-state index contributed by atoms with van der Waals surface area (Å²) in [6, 6.07) is 7.78. The largest absolute Gasteiger partial charge is 0.451 e. The van der Waals surface area contributed by atoms with Crippen LogP contribution in [0.5, 0.6) is 0 Å². The van der Waals surface area contributed by atoms with Crippen LogP contribution in [0.4, 0.5) is 13.2 Å². The Morgan fingerprint density at radius 3 is 2.40 bits per heavy atom. The van der Waals surface area contributed by atoms with Crippen LogP contribution in [0, 0.1) is 0 Å². The number of pyridine rings is 1. The van der Waals surface area contributed by atoms with Crippen molar-refractivity contribution in [1.82, 2.24) is 20.2 Å². The van der Waals surface area contributed by atoms with Crippen molar-refractivity contribution in [1.29, 1.82) is 0 Å². The van der Waals surface area contributed by atoms with E-state index in [0.29, 0.717) is 5.69 Å². The van der Waals surface area contributed by atoms with E-state index in [1.807, 2.05) is 11.2 Å². The first-order valence-electron chi connectivity index (χ1n) is 10.5. The molecule has 0 bridgehead atoms. The molecule has 3 rings (SSSR count). The highest BCUT2D eigenvalue weighted by Crippen LogP contribution is 2.31. The molecule has 0 aromatic carbocycles. The Hall–Kier alpha value is -2.22. The number of H-pyrrole nitrogens is 1. The van der Waals surface area contributed by atoms with Crippen LogP contribution >= 0.6 is 11.3 Å². The van der Waals surface area contributed by atoms with E-state index in [1.54, 1.807) is 23.6 Å². The molecular formula is C22H27F3N4S. The summed E-state index contributed by atoms with van der Waals surface area (Å²) in [6.07, 6.45) is 8.47. The quantitative estimate of drug-likeness (QED) is 0.321. The van der Waals surface area contributed by atoms with Crippen molar-refractivity contribution in [2.24, 2.45) is 0 Å². The molecule has 3 heterocycles. The van der Waals surface area contributed by atoms with Crippen molar-refractivity contribution < 1.29 is 13.2 Å². The normalized spacial score (nSPS) is 11.9. The molecule has 0 saturated heterocycles. The predicted octanol–water partition coefficient (Wildman–Crippen LogP) is 7.30. The molecule has 0 aliphatic heterocycles. The number of aromatic amines is 1. The van der Waals surface area contributed by atoms with E-state index in [9.17, 15) is 13.2 Å². The number of rotatable bonds is 11. The number of hydrogen-bond acceptors (Lipinski definition) is 4. The Kier molecular flexibility index (Phi) is 8.01. The first-order chi connectivity index (χ1) is 14.5. The van der Waals surface area contributed by atoms with Crippen molar-refractivity contribution >= 4 is 11.3 Å². The molecule has 0 saturated carbocycles. The van der Waals surface area contributed by atoms with E-state index in [2.05, 4.69) is 34.1 Å². The summed E-state index contributed by atoms with van der Waals surface area (Å²) in [4.78, 5) is 10.0. The lowest BCUT2D eigenvalue weighted by molar-refractivity contribution is -0.144. The van der Waals surface area contributed by atoms with Gasteiger partial charge >= 0.3 is 6.18 Å². The monoisotopic (exact) mass is 436 g/mol. The Morgan fingerprint density at radius 1 is 0.967 bits per heavy atom. The van der Waals surface area contributed by atoms with Crippen molar-refractivity contribution in [2.45, 2.75) is 70.9 Å². The van der Waals surface area contributed by atoms with Gasteiger partial charge in [-0.3, -0.25) is 10.1 Å². The van der Waals surface area contributed by atoms with Gasteiger partial charge in [-0.05, 0) is 42.7 Å². The van der Waals surface area contributed by atoms with E-state index in [0.717, 1.165) is 16.9 Å². The summed E-state index contributed by atoms with van der Waals surface area (Å²) in [5, 5.41) is 5.59. The third-order valence-corrected chi connectivity index (χ3v) is 6.16. The zero-order chi connectivity index (χ0) is 21.4. The second kappa shape index (κ2) is 10.7. The van der Waals surface area contributed by atoms with Gasteiger partial charge in [-0.1, -0.05) is 51.9 Å². The van der Waals surface area contributed by atoms with Crippen LogP contribution in [0.3, 0.4) is 0 Å². The van der Waals surface area contributed by atoms with Gasteiger partial charge in [0.25, 0.3) is 0 Å². The summed E-state index contributed by atoms with van der Waals surface area (Å²) in [6.45, 7) is 2.24. The molecule has 4 nitrogen and oxygen atoms in total. The number of aryl methyl sites for hydroxylation is 1. The molecule has 0 radical (unpaired) electrons. The van der Waals surface area contributed by atoms with Gasteiger partial charge in [-0.25, -0.2) is 4.98 Å². The van der Waals surface area contributed by atoms with Gasteiger partial charge in [0.2, 0.25) is 5.82 Å². The second-order valence-corrected chi connectivity index (χ2v) is 8.59. The predicted molar refractivity (Wildman–Crippen MR) is 114 cm³/mol. The highest BCUT2D eigenvalue weighted by molar-refractivity contribution is 7.15. The fraction of sp³-hybridized carbons (Fsp3) is 0.500. The van der Waals surface area contributed by atoms with Crippen molar-refractivity contribution in [3.05, 3.63) is 41.2 Å². The van der Waals surface area contributed by atoms with E-state index in [1.165, 1.54) is 56.2 Å². The van der Waals surface area contributed by atoms with Crippen LogP contribution in [0.1, 0.15) is 69.0 Å². The summed E-state index contributed by atoms with van der Waals surface area (Å²) in [5.74, 6) is -1.17. The summed E-state index contributed by atoms with van der Waals surface area (Å²) >= 11 is 1.72. The zero-order valence-electron chi connectivity index (χ0n) is 17.1. The van der Waals surface area contributed by atoms with Gasteiger partial charge < -0.3 is 0 Å². The number of thiophene rings is 1. The molecule has 0 amide bonds. The highest BCUT2D eigenvalue weighted by Gasteiger charge is 2.35. The summed E-state index contributed by atoms with van der Waals surface area (Å²) in [5.41, 5.74) is 1.22. The molecule has 8 heteroatoms. The summed E-state index contributed by atoms with van der Waals surface area (Å²) < 4.78 is 38.2. The third kappa shape index (κ3) is 6.39. The topological polar surface area (TPSA) is 54.5 Å². The molecule has 0 fully saturated rings. The van der Waals surface area contributed by atoms with Gasteiger partial charge in [0.1, 0.15) is 5.69 Å². The van der Waals surface area contributed by atoms with Crippen LogP contribution in [0.2, 0.25) is 0 Å². The van der Waals surface area contributed by atoms with Crippen LogP contribution in [-0.2, 0) is 12.6 Å². The van der Waals surface area contributed by atoms with Crippen LogP contribution in [-0.4, -0.2) is 20.2 Å². The Morgan fingerprint density at radius 2 is 1.70 bits per heavy atom. The number of unbranched alkanes of at least 4 members (excludes halogenated alkanes) is 7. The average Bonchev–Trinajstić information content (AvgIpc) is 3.40. The lowest BCUT2D eigenvalue weighted by atomic mass is 10.1. The summed E-state index contributed by atoms with van der Waals surface area (Å²) in [7, 11) is 0. The number of aromatic nitrogens is 4. The van der Waals surface area contributed by atoms with Crippen LogP contribution in [0.15, 0.2) is 30.5 Å². The second-order valence-electron chi connectivity index (χ2n) is 7.43.